The van der Waals surface area contributed by atoms with Gasteiger partial charge in [0.05, 0.1) is 11.6 Å². The Bertz CT molecular complexity index is 793. The third-order valence-corrected chi connectivity index (χ3v) is 5.76. The summed E-state index contributed by atoms with van der Waals surface area (Å²) in [7, 11) is 0. The zero-order valence-electron chi connectivity index (χ0n) is 20.5. The number of hydrogen-bond acceptors (Lipinski definition) is 4. The van der Waals surface area contributed by atoms with Crippen LogP contribution in [0.3, 0.4) is 0 Å². The van der Waals surface area contributed by atoms with Gasteiger partial charge in [0.2, 0.25) is 0 Å². The average molecular weight is 479 g/mol. The fourth-order valence-electron chi connectivity index (χ4n) is 3.62. The Morgan fingerprint density at radius 1 is 0.879 bits per heavy atom. The molecule has 184 valence electrons. The minimum Gasteiger partial charge on any atom is -0.490 e. The molecular formula is C27H40ClFN2O2. The van der Waals surface area contributed by atoms with Crippen LogP contribution in [-0.4, -0.2) is 37.7 Å². The van der Waals surface area contributed by atoms with Crippen molar-refractivity contribution in [3.05, 3.63) is 58.4 Å². The summed E-state index contributed by atoms with van der Waals surface area (Å²) in [4.78, 5) is 2.59. The molecule has 0 aliphatic carbocycles. The first kappa shape index (κ1) is 27.4. The van der Waals surface area contributed by atoms with Crippen molar-refractivity contribution in [2.24, 2.45) is 0 Å². The average Bonchev–Trinajstić information content (AvgIpc) is 2.81. The fraction of sp³-hybridized carbons (Fsp3) is 0.556. The molecule has 2 aromatic carbocycles. The van der Waals surface area contributed by atoms with Crippen LogP contribution in [0.4, 0.5) is 4.39 Å². The van der Waals surface area contributed by atoms with E-state index in [1.54, 1.807) is 12.1 Å². The van der Waals surface area contributed by atoms with Crippen LogP contribution in [0.5, 0.6) is 11.5 Å². The number of nitrogens with one attached hydrogen (secondary N) is 1. The van der Waals surface area contributed by atoms with Crippen LogP contribution in [-0.2, 0) is 13.2 Å². The molecule has 0 fully saturated rings. The van der Waals surface area contributed by atoms with E-state index in [1.165, 1.54) is 50.9 Å². The SMILES string of the molecule is CCCCN(CCCC)CCCNCc1cc(Cl)c(OCc2ccc(F)cc2)c(OCC)c1. The molecule has 1 N–H and O–H groups in total. The third-order valence-electron chi connectivity index (χ3n) is 5.48. The first-order valence-corrected chi connectivity index (χ1v) is 12.7. The zero-order valence-corrected chi connectivity index (χ0v) is 21.2. The molecule has 33 heavy (non-hydrogen) atoms. The molecule has 0 aliphatic heterocycles. The van der Waals surface area contributed by atoms with Crippen molar-refractivity contribution < 1.29 is 13.9 Å². The molecule has 4 nitrogen and oxygen atoms in total. The van der Waals surface area contributed by atoms with Crippen LogP contribution in [0.25, 0.3) is 0 Å². The van der Waals surface area contributed by atoms with Crippen LogP contribution in [0.15, 0.2) is 36.4 Å². The van der Waals surface area contributed by atoms with E-state index in [-0.39, 0.29) is 5.82 Å². The molecule has 0 unspecified atom stereocenters. The van der Waals surface area contributed by atoms with E-state index in [0.717, 1.165) is 37.2 Å². The second-order valence-corrected chi connectivity index (χ2v) is 8.74. The molecule has 0 atom stereocenters. The molecule has 0 saturated heterocycles. The van der Waals surface area contributed by atoms with Crippen LogP contribution >= 0.6 is 11.6 Å². The minimum absolute atomic E-state index is 0.265. The van der Waals surface area contributed by atoms with Gasteiger partial charge in [0.15, 0.2) is 11.5 Å². The monoisotopic (exact) mass is 478 g/mol. The lowest BCUT2D eigenvalue weighted by atomic mass is 10.2. The maximum atomic E-state index is 13.1. The lowest BCUT2D eigenvalue weighted by molar-refractivity contribution is 0.261. The summed E-state index contributed by atoms with van der Waals surface area (Å²) in [6.45, 7) is 12.5. The molecule has 0 amide bonds. The highest BCUT2D eigenvalue weighted by Gasteiger charge is 2.13. The summed E-state index contributed by atoms with van der Waals surface area (Å²) < 4.78 is 24.8. The van der Waals surface area contributed by atoms with Gasteiger partial charge in [0.1, 0.15) is 12.4 Å². The molecule has 0 bridgehead atoms. The van der Waals surface area contributed by atoms with E-state index >= 15 is 0 Å². The van der Waals surface area contributed by atoms with Gasteiger partial charge in [-0.05, 0) is 87.8 Å². The maximum Gasteiger partial charge on any atom is 0.180 e. The summed E-state index contributed by atoms with van der Waals surface area (Å²) in [6.07, 6.45) is 6.15. The van der Waals surface area contributed by atoms with E-state index in [0.29, 0.717) is 29.7 Å². The first-order valence-electron chi connectivity index (χ1n) is 12.3. The molecule has 0 saturated carbocycles. The van der Waals surface area contributed by atoms with E-state index < -0.39 is 0 Å². The van der Waals surface area contributed by atoms with Gasteiger partial charge in [0.25, 0.3) is 0 Å². The lowest BCUT2D eigenvalue weighted by Gasteiger charge is -2.22. The molecule has 0 aromatic heterocycles. The Morgan fingerprint density at radius 3 is 2.18 bits per heavy atom. The van der Waals surface area contributed by atoms with E-state index in [9.17, 15) is 4.39 Å². The quantitative estimate of drug-likeness (QED) is 0.252. The summed E-state index contributed by atoms with van der Waals surface area (Å²) >= 11 is 6.54. The van der Waals surface area contributed by atoms with Crippen LogP contribution in [0, 0.1) is 5.82 Å². The molecule has 2 rings (SSSR count). The molecule has 0 aliphatic rings. The first-order chi connectivity index (χ1) is 16.1. The smallest absolute Gasteiger partial charge is 0.180 e. The minimum atomic E-state index is -0.265. The van der Waals surface area contributed by atoms with E-state index in [1.807, 2.05) is 19.1 Å². The molecule has 2 aromatic rings. The van der Waals surface area contributed by atoms with Gasteiger partial charge in [-0.2, -0.15) is 0 Å². The number of hydrogen-bond donors (Lipinski definition) is 1. The number of halogens is 2. The molecule has 0 heterocycles. The highest BCUT2D eigenvalue weighted by molar-refractivity contribution is 6.32. The summed E-state index contributed by atoms with van der Waals surface area (Å²) in [5, 5.41) is 4.05. The van der Waals surface area contributed by atoms with Crippen molar-refractivity contribution in [3.63, 3.8) is 0 Å². The topological polar surface area (TPSA) is 33.7 Å². The van der Waals surface area contributed by atoms with Crippen LogP contribution in [0.1, 0.15) is 64.0 Å². The number of benzene rings is 2. The lowest BCUT2D eigenvalue weighted by Crippen LogP contribution is -2.29. The van der Waals surface area contributed by atoms with Gasteiger partial charge >= 0.3 is 0 Å². The highest BCUT2D eigenvalue weighted by Crippen LogP contribution is 2.37. The Labute approximate surface area is 204 Å². The summed E-state index contributed by atoms with van der Waals surface area (Å²) in [5.74, 6) is 0.890. The van der Waals surface area contributed by atoms with Gasteiger partial charge in [-0.1, -0.05) is 50.4 Å². The van der Waals surface area contributed by atoms with Crippen molar-refractivity contribution >= 4 is 11.6 Å². The van der Waals surface area contributed by atoms with Crippen molar-refractivity contribution in [1.29, 1.82) is 0 Å². The predicted octanol–water partition coefficient (Wildman–Crippen LogP) is 6.84. The van der Waals surface area contributed by atoms with Gasteiger partial charge in [0, 0.05) is 6.54 Å². The van der Waals surface area contributed by atoms with Crippen LogP contribution in [0.2, 0.25) is 5.02 Å². The number of rotatable bonds is 17. The molecule has 0 radical (unpaired) electrons. The Hall–Kier alpha value is -1.82. The second-order valence-electron chi connectivity index (χ2n) is 8.33. The Balaban J connectivity index is 1.87. The number of unbranched alkanes of at least 4 members (excludes halogenated alkanes) is 2. The summed E-state index contributed by atoms with van der Waals surface area (Å²) in [6, 6.07) is 10.2. The largest absolute Gasteiger partial charge is 0.490 e. The second kappa shape index (κ2) is 15.9. The highest BCUT2D eigenvalue weighted by atomic mass is 35.5. The van der Waals surface area contributed by atoms with E-state index in [4.69, 9.17) is 21.1 Å². The third kappa shape index (κ3) is 10.3. The Morgan fingerprint density at radius 2 is 1.55 bits per heavy atom. The fourth-order valence-corrected chi connectivity index (χ4v) is 3.91. The van der Waals surface area contributed by atoms with Gasteiger partial charge in [-0.15, -0.1) is 0 Å². The normalized spacial score (nSPS) is 11.2. The van der Waals surface area contributed by atoms with Crippen LogP contribution < -0.4 is 14.8 Å². The maximum absolute atomic E-state index is 13.1. The van der Waals surface area contributed by atoms with Crippen molar-refractivity contribution in [2.45, 2.75) is 66.0 Å². The molecule has 6 heteroatoms. The number of nitrogens with zero attached hydrogens (tertiary/aromatic N) is 1. The molecular weight excluding hydrogens is 439 g/mol. The standard InChI is InChI=1S/C27H40ClFN2O2/c1-4-7-15-31(16-8-5-2)17-9-14-30-20-23-18-25(28)27(26(19-23)32-6-3)33-21-22-10-12-24(29)13-11-22/h10-13,18-19,30H,4-9,14-17,20-21H2,1-3H3. The Kier molecular flexibility index (Phi) is 13.2. The molecule has 0 spiro atoms. The van der Waals surface area contributed by atoms with Gasteiger partial charge < -0.3 is 19.7 Å². The van der Waals surface area contributed by atoms with Crippen molar-refractivity contribution in [2.75, 3.05) is 32.8 Å². The predicted molar refractivity (Wildman–Crippen MR) is 136 cm³/mol. The number of ether oxygens (including phenoxy) is 2. The zero-order chi connectivity index (χ0) is 23.9. The van der Waals surface area contributed by atoms with Gasteiger partial charge in [-0.3, -0.25) is 0 Å². The van der Waals surface area contributed by atoms with Crippen molar-refractivity contribution in [1.82, 2.24) is 10.2 Å². The summed E-state index contributed by atoms with van der Waals surface area (Å²) in [5.41, 5.74) is 1.93. The van der Waals surface area contributed by atoms with E-state index in [2.05, 4.69) is 24.1 Å². The van der Waals surface area contributed by atoms with Gasteiger partial charge in [-0.25, -0.2) is 4.39 Å². The van der Waals surface area contributed by atoms with Crippen molar-refractivity contribution in [3.8, 4) is 11.5 Å².